The van der Waals surface area contributed by atoms with E-state index in [1.807, 2.05) is 31.3 Å². The Morgan fingerprint density at radius 2 is 2.17 bits per heavy atom. The van der Waals surface area contributed by atoms with E-state index >= 15 is 0 Å². The van der Waals surface area contributed by atoms with Gasteiger partial charge in [0.1, 0.15) is 12.4 Å². The van der Waals surface area contributed by atoms with Gasteiger partial charge in [-0.2, -0.15) is 0 Å². The molecule has 1 heterocycles. The Morgan fingerprint density at radius 3 is 2.83 bits per heavy atom. The number of hydrogen-bond acceptors (Lipinski definition) is 3. The van der Waals surface area contributed by atoms with Crippen LogP contribution in [0.1, 0.15) is 26.2 Å². The smallest absolute Gasteiger partial charge is 0.191 e. The molecule has 2 N–H and O–H groups in total. The van der Waals surface area contributed by atoms with E-state index in [2.05, 4.69) is 43.4 Å². The number of piperidine rings is 1. The van der Waals surface area contributed by atoms with Gasteiger partial charge < -0.3 is 20.3 Å². The fraction of sp³-hybridized carbons (Fsp3) is 0.611. The molecule has 1 aliphatic heterocycles. The highest BCUT2D eigenvalue weighted by Crippen LogP contribution is 2.17. The maximum absolute atomic E-state index is 5.73. The molecule has 0 atom stereocenters. The monoisotopic (exact) mass is 396 g/mol. The van der Waals surface area contributed by atoms with Crippen LogP contribution in [0.3, 0.4) is 0 Å². The molecule has 1 fully saturated rings. The minimum absolute atomic E-state index is 0.510. The van der Waals surface area contributed by atoms with E-state index < -0.39 is 0 Å². The van der Waals surface area contributed by atoms with Crippen molar-refractivity contribution in [3.05, 3.63) is 28.7 Å². The molecule has 1 aromatic carbocycles. The van der Waals surface area contributed by atoms with Crippen LogP contribution in [-0.4, -0.2) is 56.7 Å². The summed E-state index contributed by atoms with van der Waals surface area (Å²) in [5.74, 6) is 1.74. The lowest BCUT2D eigenvalue weighted by atomic mass is 10.1. The molecule has 0 radical (unpaired) electrons. The van der Waals surface area contributed by atoms with Gasteiger partial charge in [0, 0.05) is 30.7 Å². The molecule has 1 saturated heterocycles. The molecule has 0 aromatic heterocycles. The quantitative estimate of drug-likeness (QED) is 0.422. The molecule has 0 bridgehead atoms. The van der Waals surface area contributed by atoms with E-state index in [0.29, 0.717) is 12.6 Å². The van der Waals surface area contributed by atoms with Gasteiger partial charge in [0.15, 0.2) is 5.96 Å². The summed E-state index contributed by atoms with van der Waals surface area (Å²) in [6.45, 7) is 7.13. The first-order chi connectivity index (χ1) is 11.7. The highest BCUT2D eigenvalue weighted by molar-refractivity contribution is 9.10. The Labute approximate surface area is 154 Å². The summed E-state index contributed by atoms with van der Waals surface area (Å²) in [6, 6.07) is 8.40. The Bertz CT molecular complexity index is 515. The van der Waals surface area contributed by atoms with E-state index in [9.17, 15) is 0 Å². The summed E-state index contributed by atoms with van der Waals surface area (Å²) < 4.78 is 6.76. The molecule has 0 aliphatic carbocycles. The zero-order valence-corrected chi connectivity index (χ0v) is 16.3. The standard InChI is InChI=1S/C18H29BrN4O/c1-3-10-23-11-7-16(8-12-23)22-18(20-2)21-9-13-24-17-6-4-5-15(19)14-17/h4-6,14,16H,3,7-13H2,1-2H3,(H2,20,21,22). The average Bonchev–Trinajstić information content (AvgIpc) is 2.59. The second-order valence-electron chi connectivity index (χ2n) is 6.07. The Kier molecular flexibility index (Phi) is 8.39. The number of ether oxygens (including phenoxy) is 1. The van der Waals surface area contributed by atoms with Gasteiger partial charge in [-0.1, -0.05) is 28.9 Å². The summed E-state index contributed by atoms with van der Waals surface area (Å²) in [7, 11) is 1.82. The van der Waals surface area contributed by atoms with Crippen molar-refractivity contribution >= 4 is 21.9 Å². The van der Waals surface area contributed by atoms with Crippen molar-refractivity contribution in [3.8, 4) is 5.75 Å². The molecule has 1 aliphatic rings. The number of likely N-dealkylation sites (tertiary alicyclic amines) is 1. The molecule has 0 unspecified atom stereocenters. The first-order valence-electron chi connectivity index (χ1n) is 8.79. The summed E-state index contributed by atoms with van der Waals surface area (Å²) in [6.07, 6.45) is 3.59. The van der Waals surface area contributed by atoms with Crippen LogP contribution in [0.15, 0.2) is 33.7 Å². The molecule has 134 valence electrons. The Morgan fingerprint density at radius 1 is 1.38 bits per heavy atom. The lowest BCUT2D eigenvalue weighted by molar-refractivity contribution is 0.206. The topological polar surface area (TPSA) is 48.9 Å². The number of nitrogens with zero attached hydrogens (tertiary/aromatic N) is 2. The van der Waals surface area contributed by atoms with Crippen molar-refractivity contribution in [3.63, 3.8) is 0 Å². The lowest BCUT2D eigenvalue weighted by Crippen LogP contribution is -2.49. The summed E-state index contributed by atoms with van der Waals surface area (Å²) in [4.78, 5) is 6.86. The van der Waals surface area contributed by atoms with Gasteiger partial charge in [0.2, 0.25) is 0 Å². The number of halogens is 1. The van der Waals surface area contributed by atoms with E-state index in [0.717, 1.165) is 22.7 Å². The molecule has 24 heavy (non-hydrogen) atoms. The summed E-state index contributed by atoms with van der Waals surface area (Å²) in [5.41, 5.74) is 0. The first-order valence-corrected chi connectivity index (χ1v) is 9.58. The molecule has 1 aromatic rings. The molecule has 0 saturated carbocycles. The number of aliphatic imine (C=N–C) groups is 1. The minimum atomic E-state index is 0.510. The third-order valence-electron chi connectivity index (χ3n) is 4.15. The number of hydrogen-bond donors (Lipinski definition) is 2. The third kappa shape index (κ3) is 6.69. The second-order valence-corrected chi connectivity index (χ2v) is 6.98. The first kappa shape index (κ1) is 19.1. The molecule has 2 rings (SSSR count). The van der Waals surface area contributed by atoms with Crippen molar-refractivity contribution < 1.29 is 4.74 Å². The van der Waals surface area contributed by atoms with Gasteiger partial charge in [-0.25, -0.2) is 0 Å². The fourth-order valence-corrected chi connectivity index (χ4v) is 3.28. The Balaban J connectivity index is 1.64. The van der Waals surface area contributed by atoms with E-state index in [-0.39, 0.29) is 0 Å². The van der Waals surface area contributed by atoms with Crippen LogP contribution >= 0.6 is 15.9 Å². The number of nitrogens with one attached hydrogen (secondary N) is 2. The van der Waals surface area contributed by atoms with Crippen molar-refractivity contribution in [2.24, 2.45) is 4.99 Å². The van der Waals surface area contributed by atoms with Crippen LogP contribution in [0.25, 0.3) is 0 Å². The normalized spacial score (nSPS) is 16.9. The van der Waals surface area contributed by atoms with Gasteiger partial charge >= 0.3 is 0 Å². The van der Waals surface area contributed by atoms with Gasteiger partial charge in [-0.3, -0.25) is 4.99 Å². The molecule has 0 spiro atoms. The van der Waals surface area contributed by atoms with Crippen LogP contribution in [0, 0.1) is 0 Å². The van der Waals surface area contributed by atoms with Gasteiger partial charge in [0.25, 0.3) is 0 Å². The van der Waals surface area contributed by atoms with Gasteiger partial charge in [0.05, 0.1) is 6.54 Å². The molecule has 0 amide bonds. The van der Waals surface area contributed by atoms with Crippen molar-refractivity contribution in [1.29, 1.82) is 0 Å². The SMILES string of the molecule is CCCN1CCC(NC(=NC)NCCOc2cccc(Br)c2)CC1. The minimum Gasteiger partial charge on any atom is -0.492 e. The number of benzene rings is 1. The second kappa shape index (κ2) is 10.6. The van der Waals surface area contributed by atoms with E-state index in [4.69, 9.17) is 4.74 Å². The van der Waals surface area contributed by atoms with Crippen LogP contribution < -0.4 is 15.4 Å². The maximum Gasteiger partial charge on any atom is 0.191 e. The molecule has 6 heteroatoms. The van der Waals surface area contributed by atoms with Gasteiger partial charge in [-0.15, -0.1) is 0 Å². The zero-order chi connectivity index (χ0) is 17.2. The van der Waals surface area contributed by atoms with Gasteiger partial charge in [-0.05, 0) is 44.0 Å². The van der Waals surface area contributed by atoms with Crippen LogP contribution in [0.5, 0.6) is 5.75 Å². The average molecular weight is 397 g/mol. The van der Waals surface area contributed by atoms with E-state index in [1.54, 1.807) is 0 Å². The molecular weight excluding hydrogens is 368 g/mol. The highest BCUT2D eigenvalue weighted by atomic mass is 79.9. The fourth-order valence-electron chi connectivity index (χ4n) is 2.90. The Hall–Kier alpha value is -1.27. The number of rotatable bonds is 7. The zero-order valence-electron chi connectivity index (χ0n) is 14.7. The largest absolute Gasteiger partial charge is 0.492 e. The van der Waals surface area contributed by atoms with Crippen LogP contribution in [-0.2, 0) is 0 Å². The third-order valence-corrected chi connectivity index (χ3v) is 4.64. The predicted octanol–water partition coefficient (Wildman–Crippen LogP) is 2.87. The molecule has 5 nitrogen and oxygen atoms in total. The van der Waals surface area contributed by atoms with Crippen molar-refractivity contribution in [1.82, 2.24) is 15.5 Å². The van der Waals surface area contributed by atoms with E-state index in [1.165, 1.54) is 38.9 Å². The summed E-state index contributed by atoms with van der Waals surface area (Å²) in [5, 5.41) is 6.85. The highest BCUT2D eigenvalue weighted by Gasteiger charge is 2.19. The predicted molar refractivity (Wildman–Crippen MR) is 104 cm³/mol. The molecular formula is C18H29BrN4O. The van der Waals surface area contributed by atoms with Crippen molar-refractivity contribution in [2.75, 3.05) is 39.8 Å². The van der Waals surface area contributed by atoms with Crippen LogP contribution in [0.2, 0.25) is 0 Å². The van der Waals surface area contributed by atoms with Crippen LogP contribution in [0.4, 0.5) is 0 Å². The van der Waals surface area contributed by atoms with Crippen molar-refractivity contribution in [2.45, 2.75) is 32.2 Å². The number of guanidine groups is 1. The summed E-state index contributed by atoms with van der Waals surface area (Å²) >= 11 is 3.45. The lowest BCUT2D eigenvalue weighted by Gasteiger charge is -2.32. The maximum atomic E-state index is 5.73.